The zero-order chi connectivity index (χ0) is 15.6. The van der Waals surface area contributed by atoms with Crippen LogP contribution in [0.25, 0.3) is 0 Å². The van der Waals surface area contributed by atoms with E-state index in [9.17, 15) is 9.59 Å². The molecule has 0 radical (unpaired) electrons. The molecule has 116 valence electrons. The molecule has 0 atom stereocenters. The molecule has 6 heteroatoms. The van der Waals surface area contributed by atoms with Gasteiger partial charge < -0.3 is 10.2 Å². The molecule has 6 nitrogen and oxygen atoms in total. The molecule has 1 aromatic rings. The van der Waals surface area contributed by atoms with Crippen molar-refractivity contribution in [2.24, 2.45) is 5.92 Å². The van der Waals surface area contributed by atoms with Gasteiger partial charge in [0.1, 0.15) is 0 Å². The zero-order valence-electron chi connectivity index (χ0n) is 13.3. The first-order chi connectivity index (χ1) is 9.88. The molecular weight excluding hydrogens is 268 g/mol. The van der Waals surface area contributed by atoms with Crippen LogP contribution in [-0.2, 0) is 22.6 Å². The van der Waals surface area contributed by atoms with Crippen LogP contribution in [0.4, 0.5) is 0 Å². The van der Waals surface area contributed by atoms with Crippen molar-refractivity contribution in [2.45, 2.75) is 40.7 Å². The number of hydrogen-bond donors (Lipinski definition) is 1. The number of nitrogens with one attached hydrogen (secondary N) is 1. The fraction of sp³-hybridized carbons (Fsp3) is 0.667. The van der Waals surface area contributed by atoms with E-state index in [1.54, 1.807) is 4.90 Å². The van der Waals surface area contributed by atoms with E-state index in [0.29, 0.717) is 25.4 Å². The highest BCUT2D eigenvalue weighted by molar-refractivity contribution is 5.87. The number of carbonyl (C=O) groups is 2. The number of piperazine rings is 1. The Hall–Kier alpha value is -1.85. The lowest BCUT2D eigenvalue weighted by atomic mass is 10.1. The fourth-order valence-corrected chi connectivity index (χ4v) is 2.63. The smallest absolute Gasteiger partial charge is 0.239 e. The van der Waals surface area contributed by atoms with E-state index < -0.39 is 0 Å². The summed E-state index contributed by atoms with van der Waals surface area (Å²) < 4.78 is 1.98. The summed E-state index contributed by atoms with van der Waals surface area (Å²) in [5, 5.41) is 7.26. The number of aromatic nitrogens is 2. The molecule has 1 fully saturated rings. The largest absolute Gasteiger partial charge is 0.353 e. The molecule has 0 bridgehead atoms. The highest BCUT2D eigenvalue weighted by Crippen LogP contribution is 2.16. The lowest BCUT2D eigenvalue weighted by molar-refractivity contribution is -0.137. The van der Waals surface area contributed by atoms with Crippen LogP contribution in [0.5, 0.6) is 0 Å². The molecule has 1 aromatic heterocycles. The highest BCUT2D eigenvalue weighted by Gasteiger charge is 2.23. The normalized spacial score (nSPS) is 15.5. The molecule has 0 spiro atoms. The first-order valence-electron chi connectivity index (χ1n) is 7.45. The van der Waals surface area contributed by atoms with Gasteiger partial charge in [-0.3, -0.25) is 14.3 Å². The Morgan fingerprint density at radius 1 is 1.38 bits per heavy atom. The van der Waals surface area contributed by atoms with Crippen LogP contribution in [0.1, 0.15) is 30.8 Å². The van der Waals surface area contributed by atoms with Crippen LogP contribution in [0.2, 0.25) is 0 Å². The van der Waals surface area contributed by atoms with Crippen LogP contribution in [0.15, 0.2) is 0 Å². The fourth-order valence-electron chi connectivity index (χ4n) is 2.63. The predicted octanol–water partition coefficient (Wildman–Crippen LogP) is 0.657. The van der Waals surface area contributed by atoms with Crippen molar-refractivity contribution in [1.29, 1.82) is 0 Å². The van der Waals surface area contributed by atoms with Crippen molar-refractivity contribution in [1.82, 2.24) is 20.0 Å². The average molecular weight is 292 g/mol. The molecule has 2 heterocycles. The number of rotatable bonds is 4. The predicted molar refractivity (Wildman–Crippen MR) is 79.8 cm³/mol. The summed E-state index contributed by atoms with van der Waals surface area (Å²) in [6, 6.07) is 0. The van der Waals surface area contributed by atoms with Gasteiger partial charge in [-0.25, -0.2) is 0 Å². The van der Waals surface area contributed by atoms with Crippen molar-refractivity contribution in [3.8, 4) is 0 Å². The Labute approximate surface area is 125 Å². The second kappa shape index (κ2) is 6.28. The van der Waals surface area contributed by atoms with Gasteiger partial charge in [-0.15, -0.1) is 0 Å². The SMILES string of the molecule is Cc1nn(CC(C)C)c(C)c1CC(=O)N1CCNC(=O)C1. The Morgan fingerprint density at radius 2 is 2.10 bits per heavy atom. The summed E-state index contributed by atoms with van der Waals surface area (Å²) in [7, 11) is 0. The number of aryl methyl sites for hydroxylation is 1. The van der Waals surface area contributed by atoms with Crippen molar-refractivity contribution in [3.63, 3.8) is 0 Å². The van der Waals surface area contributed by atoms with Crippen molar-refractivity contribution >= 4 is 11.8 Å². The van der Waals surface area contributed by atoms with Crippen LogP contribution in [0.3, 0.4) is 0 Å². The molecule has 1 saturated heterocycles. The third-order valence-corrected chi connectivity index (χ3v) is 3.79. The molecule has 0 unspecified atom stereocenters. The van der Waals surface area contributed by atoms with E-state index in [0.717, 1.165) is 23.5 Å². The molecule has 21 heavy (non-hydrogen) atoms. The summed E-state index contributed by atoms with van der Waals surface area (Å²) in [6.45, 7) is 10.4. The molecule has 0 aromatic carbocycles. The average Bonchev–Trinajstić information content (AvgIpc) is 2.65. The maximum atomic E-state index is 12.4. The van der Waals surface area contributed by atoms with Gasteiger partial charge in [-0.1, -0.05) is 13.8 Å². The maximum absolute atomic E-state index is 12.4. The highest BCUT2D eigenvalue weighted by atomic mass is 16.2. The molecule has 0 aliphatic carbocycles. The van der Waals surface area contributed by atoms with Gasteiger partial charge in [-0.05, 0) is 19.8 Å². The number of carbonyl (C=O) groups excluding carboxylic acids is 2. The van der Waals surface area contributed by atoms with Crippen molar-refractivity contribution in [3.05, 3.63) is 17.0 Å². The van der Waals surface area contributed by atoms with Gasteiger partial charge in [-0.2, -0.15) is 5.10 Å². The second-order valence-electron chi connectivity index (χ2n) is 6.07. The van der Waals surface area contributed by atoms with Crippen LogP contribution >= 0.6 is 0 Å². The van der Waals surface area contributed by atoms with E-state index in [1.165, 1.54) is 0 Å². The molecular formula is C15H24N4O2. The van der Waals surface area contributed by atoms with Gasteiger partial charge in [0.05, 0.1) is 18.7 Å². The first kappa shape index (κ1) is 15.5. The van der Waals surface area contributed by atoms with Crippen LogP contribution in [-0.4, -0.2) is 46.1 Å². The number of nitrogens with zero attached hydrogens (tertiary/aromatic N) is 3. The van der Waals surface area contributed by atoms with Gasteiger partial charge in [0.2, 0.25) is 11.8 Å². The van der Waals surface area contributed by atoms with Crippen LogP contribution in [0, 0.1) is 19.8 Å². The van der Waals surface area contributed by atoms with Crippen LogP contribution < -0.4 is 5.32 Å². The molecule has 0 saturated carbocycles. The molecule has 1 N–H and O–H groups in total. The zero-order valence-corrected chi connectivity index (χ0v) is 13.3. The molecule has 2 amide bonds. The summed E-state index contributed by atoms with van der Waals surface area (Å²) in [4.78, 5) is 25.3. The van der Waals surface area contributed by atoms with E-state index in [2.05, 4.69) is 24.3 Å². The van der Waals surface area contributed by atoms with Gasteiger partial charge >= 0.3 is 0 Å². The molecule has 1 aliphatic heterocycles. The van der Waals surface area contributed by atoms with Crippen molar-refractivity contribution < 1.29 is 9.59 Å². The monoisotopic (exact) mass is 292 g/mol. The van der Waals surface area contributed by atoms with Gasteiger partial charge in [0.15, 0.2) is 0 Å². The lowest BCUT2D eigenvalue weighted by Crippen LogP contribution is -2.50. The van der Waals surface area contributed by atoms with E-state index >= 15 is 0 Å². The molecule has 1 aliphatic rings. The quantitative estimate of drug-likeness (QED) is 0.886. The minimum atomic E-state index is -0.0847. The Balaban J connectivity index is 2.10. The third-order valence-electron chi connectivity index (χ3n) is 3.79. The summed E-state index contributed by atoms with van der Waals surface area (Å²) >= 11 is 0. The summed E-state index contributed by atoms with van der Waals surface area (Å²) in [5.41, 5.74) is 2.95. The maximum Gasteiger partial charge on any atom is 0.239 e. The van der Waals surface area contributed by atoms with E-state index in [1.807, 2.05) is 18.5 Å². The van der Waals surface area contributed by atoms with Gasteiger partial charge in [0.25, 0.3) is 0 Å². The lowest BCUT2D eigenvalue weighted by Gasteiger charge is -2.26. The number of hydrogen-bond acceptors (Lipinski definition) is 3. The van der Waals surface area contributed by atoms with E-state index in [4.69, 9.17) is 0 Å². The molecule has 2 rings (SSSR count). The topological polar surface area (TPSA) is 67.2 Å². The third kappa shape index (κ3) is 3.62. The van der Waals surface area contributed by atoms with Crippen molar-refractivity contribution in [2.75, 3.05) is 19.6 Å². The van der Waals surface area contributed by atoms with Gasteiger partial charge in [0, 0.05) is 30.9 Å². The Morgan fingerprint density at radius 3 is 2.71 bits per heavy atom. The Bertz CT molecular complexity index is 548. The first-order valence-corrected chi connectivity index (χ1v) is 7.45. The minimum absolute atomic E-state index is 0.000136. The summed E-state index contributed by atoms with van der Waals surface area (Å²) in [6.07, 6.45) is 0.322. The summed E-state index contributed by atoms with van der Waals surface area (Å²) in [5.74, 6) is 0.427. The second-order valence-corrected chi connectivity index (χ2v) is 6.07. The Kier molecular flexibility index (Phi) is 4.65. The van der Waals surface area contributed by atoms with E-state index in [-0.39, 0.29) is 18.4 Å². The standard InChI is InChI=1S/C15H24N4O2/c1-10(2)8-19-12(4)13(11(3)17-19)7-15(21)18-6-5-16-14(20)9-18/h10H,5-9H2,1-4H3,(H,16,20). The minimum Gasteiger partial charge on any atom is -0.353 e. The number of amides is 2.